The number of rotatable bonds is 4. The van der Waals surface area contributed by atoms with E-state index >= 15 is 0 Å². The second-order valence-electron chi connectivity index (χ2n) is 6.55. The third-order valence-corrected chi connectivity index (χ3v) is 7.31. The van der Waals surface area contributed by atoms with Crippen molar-refractivity contribution >= 4 is 37.5 Å². The molecular weight excluding hydrogens is 418 g/mol. The minimum atomic E-state index is -3.56. The quantitative estimate of drug-likeness (QED) is 0.791. The van der Waals surface area contributed by atoms with E-state index in [-0.39, 0.29) is 10.8 Å². The van der Waals surface area contributed by atoms with Gasteiger partial charge in [-0.2, -0.15) is 4.31 Å². The van der Waals surface area contributed by atoms with Crippen molar-refractivity contribution in [3.8, 4) is 0 Å². The molecule has 3 rings (SSSR count). The molecule has 0 spiro atoms. The second kappa shape index (κ2) is 7.54. The third-order valence-electron chi connectivity index (χ3n) is 4.60. The number of aryl methyl sites for hydroxylation is 2. The Morgan fingerprint density at radius 2 is 1.85 bits per heavy atom. The summed E-state index contributed by atoms with van der Waals surface area (Å²) >= 11 is 3.44. The van der Waals surface area contributed by atoms with Gasteiger partial charge in [0.25, 0.3) is 5.91 Å². The zero-order valence-electron chi connectivity index (χ0n) is 14.8. The summed E-state index contributed by atoms with van der Waals surface area (Å²) in [5.41, 5.74) is 2.02. The fraction of sp³-hybridized carbons (Fsp3) is 0.389. The first-order valence-electron chi connectivity index (χ1n) is 8.53. The molecule has 8 heteroatoms. The van der Waals surface area contributed by atoms with Crippen LogP contribution in [0.2, 0.25) is 0 Å². The molecule has 2 heterocycles. The average molecular weight is 440 g/mol. The van der Waals surface area contributed by atoms with Crippen LogP contribution in [0, 0.1) is 6.92 Å². The summed E-state index contributed by atoms with van der Waals surface area (Å²) in [6.45, 7) is 3.04. The van der Waals surface area contributed by atoms with Gasteiger partial charge in [-0.3, -0.25) is 4.79 Å². The van der Waals surface area contributed by atoms with Crippen LogP contribution in [-0.2, 0) is 17.1 Å². The van der Waals surface area contributed by atoms with E-state index in [9.17, 15) is 13.2 Å². The lowest BCUT2D eigenvalue weighted by atomic mass is 10.2. The fourth-order valence-electron chi connectivity index (χ4n) is 3.02. The Labute approximate surface area is 162 Å². The zero-order chi connectivity index (χ0) is 18.9. The average Bonchev–Trinajstić information content (AvgIpc) is 3.02. The zero-order valence-corrected chi connectivity index (χ0v) is 17.2. The van der Waals surface area contributed by atoms with Crippen molar-refractivity contribution in [1.82, 2.24) is 8.87 Å². The number of piperidine rings is 1. The largest absolute Gasteiger partial charge is 0.345 e. The lowest BCUT2D eigenvalue weighted by Crippen LogP contribution is -2.35. The summed E-state index contributed by atoms with van der Waals surface area (Å²) < 4.78 is 29.5. The highest BCUT2D eigenvalue weighted by atomic mass is 79.9. The molecule has 1 fully saturated rings. The smallest absolute Gasteiger partial charge is 0.272 e. The number of anilines is 1. The predicted octanol–water partition coefficient (Wildman–Crippen LogP) is 3.52. The number of sulfonamides is 1. The number of halogens is 1. The summed E-state index contributed by atoms with van der Waals surface area (Å²) in [4.78, 5) is 12.8. The molecule has 6 nitrogen and oxygen atoms in total. The number of carbonyl (C=O) groups is 1. The van der Waals surface area contributed by atoms with Crippen LogP contribution in [-0.4, -0.2) is 36.3 Å². The van der Waals surface area contributed by atoms with Crippen LogP contribution in [0.4, 0.5) is 5.69 Å². The maximum atomic E-state index is 12.8. The van der Waals surface area contributed by atoms with Gasteiger partial charge in [-0.1, -0.05) is 28.4 Å². The molecule has 26 heavy (non-hydrogen) atoms. The highest BCUT2D eigenvalue weighted by Gasteiger charge is 2.28. The molecule has 1 aromatic heterocycles. The van der Waals surface area contributed by atoms with Crippen molar-refractivity contribution < 1.29 is 13.2 Å². The van der Waals surface area contributed by atoms with E-state index in [1.165, 1.54) is 16.6 Å². The van der Waals surface area contributed by atoms with Crippen LogP contribution in [0.5, 0.6) is 0 Å². The van der Waals surface area contributed by atoms with E-state index in [2.05, 4.69) is 21.2 Å². The number of benzene rings is 1. The van der Waals surface area contributed by atoms with E-state index in [1.54, 1.807) is 11.6 Å². The highest BCUT2D eigenvalue weighted by molar-refractivity contribution is 9.10. The molecule has 1 amide bonds. The van der Waals surface area contributed by atoms with Crippen molar-refractivity contribution in [1.29, 1.82) is 0 Å². The van der Waals surface area contributed by atoms with Crippen molar-refractivity contribution in [2.45, 2.75) is 31.1 Å². The Morgan fingerprint density at radius 3 is 2.50 bits per heavy atom. The molecule has 0 aliphatic carbocycles. The van der Waals surface area contributed by atoms with Crippen LogP contribution in [0.25, 0.3) is 0 Å². The minimum Gasteiger partial charge on any atom is -0.345 e. The van der Waals surface area contributed by atoms with E-state index in [0.29, 0.717) is 24.5 Å². The minimum absolute atomic E-state index is 0.164. The number of amides is 1. The van der Waals surface area contributed by atoms with Crippen LogP contribution in [0.15, 0.2) is 39.8 Å². The van der Waals surface area contributed by atoms with Gasteiger partial charge in [0.05, 0.1) is 0 Å². The van der Waals surface area contributed by atoms with E-state index < -0.39 is 10.0 Å². The van der Waals surface area contributed by atoms with Gasteiger partial charge in [-0.15, -0.1) is 0 Å². The molecule has 0 saturated carbocycles. The lowest BCUT2D eigenvalue weighted by molar-refractivity contribution is 0.101. The summed E-state index contributed by atoms with van der Waals surface area (Å²) in [7, 11) is -1.88. The number of nitrogens with one attached hydrogen (secondary N) is 1. The summed E-state index contributed by atoms with van der Waals surface area (Å²) in [6.07, 6.45) is 4.31. The number of hydrogen-bond donors (Lipinski definition) is 1. The Hall–Kier alpha value is -1.64. The first-order chi connectivity index (χ1) is 12.3. The van der Waals surface area contributed by atoms with Crippen molar-refractivity contribution in [2.24, 2.45) is 7.05 Å². The van der Waals surface area contributed by atoms with Crippen LogP contribution in [0.1, 0.15) is 35.3 Å². The lowest BCUT2D eigenvalue weighted by Gasteiger charge is -2.25. The van der Waals surface area contributed by atoms with Crippen LogP contribution in [0.3, 0.4) is 0 Å². The molecule has 0 bridgehead atoms. The van der Waals surface area contributed by atoms with Crippen LogP contribution < -0.4 is 5.32 Å². The molecule has 2 aromatic rings. The fourth-order valence-corrected chi connectivity index (χ4v) is 4.99. The van der Waals surface area contributed by atoms with Crippen molar-refractivity contribution in [3.05, 3.63) is 46.2 Å². The van der Waals surface area contributed by atoms with Crippen molar-refractivity contribution in [2.75, 3.05) is 18.4 Å². The SMILES string of the molecule is Cc1ccc(NC(=O)c2cc(S(=O)(=O)N3CCCCC3)cn2C)cc1Br. The summed E-state index contributed by atoms with van der Waals surface area (Å²) in [6, 6.07) is 6.98. The molecule has 0 radical (unpaired) electrons. The summed E-state index contributed by atoms with van der Waals surface area (Å²) in [5, 5.41) is 2.81. The first kappa shape index (κ1) is 19.1. The molecule has 1 aromatic carbocycles. The van der Waals surface area contributed by atoms with Crippen molar-refractivity contribution in [3.63, 3.8) is 0 Å². The Morgan fingerprint density at radius 1 is 1.15 bits per heavy atom. The predicted molar refractivity (Wildman–Crippen MR) is 105 cm³/mol. The molecule has 0 unspecified atom stereocenters. The standard InChI is InChI=1S/C18H22BrN3O3S/c1-13-6-7-14(10-16(13)19)20-18(23)17-11-15(12-21(17)2)26(24,25)22-8-4-3-5-9-22/h6-7,10-12H,3-5,8-9H2,1-2H3,(H,20,23). The van der Waals surface area contributed by atoms with E-state index in [4.69, 9.17) is 0 Å². The van der Waals surface area contributed by atoms with Gasteiger partial charge in [0.15, 0.2) is 0 Å². The Kier molecular flexibility index (Phi) is 5.55. The van der Waals surface area contributed by atoms with Gasteiger partial charge < -0.3 is 9.88 Å². The van der Waals surface area contributed by atoms with Gasteiger partial charge in [0, 0.05) is 36.5 Å². The summed E-state index contributed by atoms with van der Waals surface area (Å²) in [5.74, 6) is -0.344. The van der Waals surface area contributed by atoms with Crippen LogP contribution >= 0.6 is 15.9 Å². The topological polar surface area (TPSA) is 71.4 Å². The maximum Gasteiger partial charge on any atom is 0.272 e. The molecule has 1 aliphatic rings. The molecular formula is C18H22BrN3O3S. The van der Waals surface area contributed by atoms with Gasteiger partial charge >= 0.3 is 0 Å². The maximum absolute atomic E-state index is 12.8. The molecule has 0 atom stereocenters. The number of nitrogens with zero attached hydrogens (tertiary/aromatic N) is 2. The molecule has 1 N–H and O–H groups in total. The molecule has 1 aliphatic heterocycles. The first-order valence-corrected chi connectivity index (χ1v) is 10.8. The number of carbonyl (C=O) groups excluding carboxylic acids is 1. The Balaban J connectivity index is 1.83. The van der Waals surface area contributed by atoms with E-state index in [1.807, 2.05) is 25.1 Å². The number of aromatic nitrogens is 1. The van der Waals surface area contributed by atoms with Gasteiger partial charge in [-0.05, 0) is 43.5 Å². The second-order valence-corrected chi connectivity index (χ2v) is 9.35. The molecule has 1 saturated heterocycles. The highest BCUT2D eigenvalue weighted by Crippen LogP contribution is 2.24. The number of hydrogen-bond acceptors (Lipinski definition) is 3. The monoisotopic (exact) mass is 439 g/mol. The third kappa shape index (κ3) is 3.87. The van der Waals surface area contributed by atoms with Gasteiger partial charge in [0.1, 0.15) is 10.6 Å². The molecule has 140 valence electrons. The van der Waals surface area contributed by atoms with Gasteiger partial charge in [0.2, 0.25) is 10.0 Å². The normalized spacial score (nSPS) is 15.8. The van der Waals surface area contributed by atoms with E-state index in [0.717, 1.165) is 29.3 Å². The Bertz CT molecular complexity index is 931. The van der Waals surface area contributed by atoms with Gasteiger partial charge in [-0.25, -0.2) is 8.42 Å².